The zero-order valence-corrected chi connectivity index (χ0v) is 10.3. The first-order chi connectivity index (χ1) is 8.06. The van der Waals surface area contributed by atoms with Gasteiger partial charge in [-0.15, -0.1) is 0 Å². The van der Waals surface area contributed by atoms with Gasteiger partial charge in [0.15, 0.2) is 5.79 Å². The van der Waals surface area contributed by atoms with Crippen LogP contribution in [0.5, 0.6) is 0 Å². The molecule has 0 unspecified atom stereocenters. The van der Waals surface area contributed by atoms with Gasteiger partial charge >= 0.3 is 0 Å². The van der Waals surface area contributed by atoms with Gasteiger partial charge in [-0.2, -0.15) is 0 Å². The number of rotatable bonds is 0. The van der Waals surface area contributed by atoms with E-state index in [1.165, 1.54) is 0 Å². The third-order valence-corrected chi connectivity index (χ3v) is 4.98. The van der Waals surface area contributed by atoms with Crippen molar-refractivity contribution in [1.82, 2.24) is 0 Å². The van der Waals surface area contributed by atoms with Crippen molar-refractivity contribution in [3.05, 3.63) is 0 Å². The third kappa shape index (κ3) is 1.65. The monoisotopic (exact) mass is 240 g/mol. The Hall–Kier alpha value is -0.450. The van der Waals surface area contributed by atoms with Crippen LogP contribution in [0.2, 0.25) is 0 Å². The number of aliphatic hydroxyl groups excluding tert-OH is 1. The van der Waals surface area contributed by atoms with E-state index in [-0.39, 0.29) is 23.2 Å². The summed E-state index contributed by atoms with van der Waals surface area (Å²) in [4.78, 5) is 12.1. The molecule has 1 aliphatic heterocycles. The Morgan fingerprint density at radius 2 is 2.00 bits per heavy atom. The summed E-state index contributed by atoms with van der Waals surface area (Å²) in [6, 6.07) is 0. The molecule has 3 fully saturated rings. The highest BCUT2D eigenvalue weighted by atomic mass is 16.7. The summed E-state index contributed by atoms with van der Waals surface area (Å²) in [5, 5.41) is 10.2. The zero-order valence-electron chi connectivity index (χ0n) is 10.3. The summed E-state index contributed by atoms with van der Waals surface area (Å²) in [6.07, 6.45) is 2.98. The van der Waals surface area contributed by atoms with E-state index >= 15 is 0 Å². The molecule has 4 nitrogen and oxygen atoms in total. The van der Waals surface area contributed by atoms with Gasteiger partial charge in [0.25, 0.3) is 0 Å². The van der Waals surface area contributed by atoms with Crippen LogP contribution in [0.15, 0.2) is 0 Å². The molecule has 1 heterocycles. The lowest BCUT2D eigenvalue weighted by molar-refractivity contribution is -0.221. The SMILES string of the molecule is C[C@]12CCC3(C[C@@H]1C(=O)CC[C@@H]2O)OCCO3. The van der Waals surface area contributed by atoms with Gasteiger partial charge in [-0.3, -0.25) is 4.79 Å². The number of aliphatic hydroxyl groups is 1. The molecular weight excluding hydrogens is 220 g/mol. The summed E-state index contributed by atoms with van der Waals surface area (Å²) in [7, 11) is 0. The quantitative estimate of drug-likeness (QED) is 0.692. The summed E-state index contributed by atoms with van der Waals surface area (Å²) >= 11 is 0. The molecule has 3 aliphatic rings. The van der Waals surface area contributed by atoms with E-state index < -0.39 is 5.79 Å². The third-order valence-electron chi connectivity index (χ3n) is 4.98. The van der Waals surface area contributed by atoms with E-state index in [1.807, 2.05) is 6.92 Å². The zero-order chi connectivity index (χ0) is 12.1. The number of carbonyl (C=O) groups excluding carboxylic acids is 1. The van der Waals surface area contributed by atoms with Crippen LogP contribution in [0.3, 0.4) is 0 Å². The average Bonchev–Trinajstić information content (AvgIpc) is 2.76. The molecule has 4 heteroatoms. The molecule has 1 saturated heterocycles. The van der Waals surface area contributed by atoms with Crippen molar-refractivity contribution in [2.45, 2.75) is 50.9 Å². The Balaban J connectivity index is 1.86. The second kappa shape index (κ2) is 3.77. The lowest BCUT2D eigenvalue weighted by Gasteiger charge is -2.51. The fraction of sp³-hybridized carbons (Fsp3) is 0.923. The Bertz CT molecular complexity index is 334. The van der Waals surface area contributed by atoms with E-state index in [4.69, 9.17) is 9.47 Å². The van der Waals surface area contributed by atoms with Crippen molar-refractivity contribution in [2.75, 3.05) is 13.2 Å². The van der Waals surface area contributed by atoms with E-state index in [0.29, 0.717) is 32.5 Å². The number of hydrogen-bond donors (Lipinski definition) is 1. The summed E-state index contributed by atoms with van der Waals surface area (Å²) in [6.45, 7) is 3.29. The van der Waals surface area contributed by atoms with Crippen LogP contribution in [0.25, 0.3) is 0 Å². The molecular formula is C13H20O4. The predicted octanol–water partition coefficient (Wildman–Crippen LogP) is 1.26. The Morgan fingerprint density at radius 3 is 2.71 bits per heavy atom. The highest BCUT2D eigenvalue weighted by molar-refractivity contribution is 5.83. The van der Waals surface area contributed by atoms with E-state index in [9.17, 15) is 9.90 Å². The van der Waals surface area contributed by atoms with Crippen molar-refractivity contribution in [3.8, 4) is 0 Å². The maximum Gasteiger partial charge on any atom is 0.169 e. The maximum absolute atomic E-state index is 12.1. The maximum atomic E-state index is 12.1. The molecule has 0 aromatic rings. The molecule has 2 aliphatic carbocycles. The van der Waals surface area contributed by atoms with Crippen LogP contribution < -0.4 is 0 Å². The molecule has 17 heavy (non-hydrogen) atoms. The van der Waals surface area contributed by atoms with Crippen LogP contribution in [0, 0.1) is 11.3 Å². The molecule has 0 aromatic carbocycles. The number of fused-ring (bicyclic) bond motifs is 1. The van der Waals surface area contributed by atoms with Gasteiger partial charge in [-0.25, -0.2) is 0 Å². The van der Waals surface area contributed by atoms with Crippen molar-refractivity contribution in [1.29, 1.82) is 0 Å². The molecule has 1 spiro atoms. The topological polar surface area (TPSA) is 55.8 Å². The molecule has 0 radical (unpaired) electrons. The highest BCUT2D eigenvalue weighted by Crippen LogP contribution is 2.53. The minimum atomic E-state index is -0.531. The first kappa shape index (κ1) is 11.6. The van der Waals surface area contributed by atoms with Gasteiger partial charge in [0.1, 0.15) is 5.78 Å². The van der Waals surface area contributed by atoms with Crippen molar-refractivity contribution < 1.29 is 19.4 Å². The number of ether oxygens (including phenoxy) is 2. The second-order valence-electron chi connectivity index (χ2n) is 5.89. The molecule has 96 valence electrons. The molecule has 1 N–H and O–H groups in total. The fourth-order valence-corrected chi connectivity index (χ4v) is 3.70. The van der Waals surface area contributed by atoms with Crippen LogP contribution >= 0.6 is 0 Å². The lowest BCUT2D eigenvalue weighted by Crippen LogP contribution is -2.55. The van der Waals surface area contributed by atoms with Crippen molar-refractivity contribution in [3.63, 3.8) is 0 Å². The molecule has 0 aromatic heterocycles. The Morgan fingerprint density at radius 1 is 1.29 bits per heavy atom. The summed E-state index contributed by atoms with van der Waals surface area (Å²) in [5.41, 5.74) is -0.268. The number of hydrogen-bond acceptors (Lipinski definition) is 4. The van der Waals surface area contributed by atoms with Crippen molar-refractivity contribution >= 4 is 5.78 Å². The minimum Gasteiger partial charge on any atom is -0.393 e. The van der Waals surface area contributed by atoms with Gasteiger partial charge < -0.3 is 14.6 Å². The van der Waals surface area contributed by atoms with Gasteiger partial charge in [-0.1, -0.05) is 6.92 Å². The smallest absolute Gasteiger partial charge is 0.169 e. The standard InChI is InChI=1S/C13H20O4/c1-12-4-5-13(16-6-7-17-13)8-9(12)10(14)2-3-11(12)15/h9,11,15H,2-8H2,1H3/t9-,11+,12+/m1/s1. The number of carbonyl (C=O) groups is 1. The molecule has 0 amide bonds. The molecule has 0 bridgehead atoms. The summed E-state index contributed by atoms with van der Waals surface area (Å²) < 4.78 is 11.4. The van der Waals surface area contributed by atoms with E-state index in [0.717, 1.165) is 12.8 Å². The molecule has 2 saturated carbocycles. The second-order valence-corrected chi connectivity index (χ2v) is 5.89. The Kier molecular flexibility index (Phi) is 2.58. The van der Waals surface area contributed by atoms with E-state index in [1.54, 1.807) is 0 Å². The van der Waals surface area contributed by atoms with Gasteiger partial charge in [-0.05, 0) is 12.8 Å². The fourth-order valence-electron chi connectivity index (χ4n) is 3.70. The van der Waals surface area contributed by atoms with E-state index in [2.05, 4.69) is 0 Å². The Labute approximate surface area is 101 Å². The number of Topliss-reactive ketones (excluding diaryl/α,β-unsaturated/α-hetero) is 1. The van der Waals surface area contributed by atoms with Crippen LogP contribution in [0.1, 0.15) is 39.0 Å². The highest BCUT2D eigenvalue weighted by Gasteiger charge is 2.56. The lowest BCUT2D eigenvalue weighted by atomic mass is 9.57. The van der Waals surface area contributed by atoms with Gasteiger partial charge in [0, 0.05) is 30.6 Å². The van der Waals surface area contributed by atoms with Crippen LogP contribution in [-0.4, -0.2) is 36.0 Å². The first-order valence-corrected chi connectivity index (χ1v) is 6.54. The average molecular weight is 240 g/mol. The summed E-state index contributed by atoms with van der Waals surface area (Å²) in [5.74, 6) is -0.356. The van der Waals surface area contributed by atoms with Crippen LogP contribution in [-0.2, 0) is 14.3 Å². The number of ketones is 1. The van der Waals surface area contributed by atoms with Gasteiger partial charge in [0.2, 0.25) is 0 Å². The molecule has 3 atom stereocenters. The normalized spacial score (nSPS) is 44.9. The molecule has 3 rings (SSSR count). The first-order valence-electron chi connectivity index (χ1n) is 6.54. The van der Waals surface area contributed by atoms with Gasteiger partial charge in [0.05, 0.1) is 19.3 Å². The minimum absolute atomic E-state index is 0.0990. The van der Waals surface area contributed by atoms with Crippen molar-refractivity contribution in [2.24, 2.45) is 11.3 Å². The van der Waals surface area contributed by atoms with Crippen LogP contribution in [0.4, 0.5) is 0 Å². The largest absolute Gasteiger partial charge is 0.393 e. The predicted molar refractivity (Wildman–Crippen MR) is 60.3 cm³/mol.